The molecule has 3 nitrogen and oxygen atoms in total. The summed E-state index contributed by atoms with van der Waals surface area (Å²) in [5, 5.41) is 0. The average Bonchev–Trinajstić information content (AvgIpc) is 2.64. The number of alkyl halides is 1. The van der Waals surface area contributed by atoms with Gasteiger partial charge in [0.1, 0.15) is 0 Å². The van der Waals surface area contributed by atoms with Gasteiger partial charge in [0.2, 0.25) is 10.0 Å². The highest BCUT2D eigenvalue weighted by molar-refractivity contribution is 7.88. The van der Waals surface area contributed by atoms with Crippen LogP contribution in [0, 0.1) is 5.92 Å². The zero-order valence-electron chi connectivity index (χ0n) is 11.9. The van der Waals surface area contributed by atoms with Gasteiger partial charge in [-0.3, -0.25) is 0 Å². The Morgan fingerprint density at radius 3 is 2.75 bits per heavy atom. The summed E-state index contributed by atoms with van der Waals surface area (Å²) in [5.41, 5.74) is 1.78. The van der Waals surface area contributed by atoms with Crippen molar-refractivity contribution in [2.24, 2.45) is 5.92 Å². The first-order valence-electron chi connectivity index (χ1n) is 7.13. The monoisotopic (exact) mass is 315 g/mol. The van der Waals surface area contributed by atoms with Crippen LogP contribution >= 0.6 is 11.6 Å². The van der Waals surface area contributed by atoms with Gasteiger partial charge in [-0.05, 0) is 36.3 Å². The summed E-state index contributed by atoms with van der Waals surface area (Å²) in [4.78, 5) is 0. The molecule has 0 amide bonds. The molecular formula is C15H22ClNO2S. The summed E-state index contributed by atoms with van der Waals surface area (Å²) in [6.45, 7) is 3.50. The minimum Gasteiger partial charge on any atom is -0.212 e. The van der Waals surface area contributed by atoms with Gasteiger partial charge < -0.3 is 0 Å². The Bertz CT molecular complexity index is 545. The summed E-state index contributed by atoms with van der Waals surface area (Å²) in [6, 6.07) is 7.52. The molecule has 1 saturated heterocycles. The smallest absolute Gasteiger partial charge is 0.212 e. The summed E-state index contributed by atoms with van der Waals surface area (Å²) in [5.74, 6) is 1.11. The second-order valence-corrected chi connectivity index (χ2v) is 7.88. The Kier molecular flexibility index (Phi) is 5.47. The van der Waals surface area contributed by atoms with Crippen LogP contribution < -0.4 is 0 Å². The molecule has 2 rings (SSSR count). The molecule has 0 saturated carbocycles. The molecule has 0 radical (unpaired) electrons. The molecule has 1 aromatic carbocycles. The van der Waals surface area contributed by atoms with Gasteiger partial charge >= 0.3 is 0 Å². The van der Waals surface area contributed by atoms with E-state index >= 15 is 0 Å². The molecule has 1 aromatic rings. The van der Waals surface area contributed by atoms with Crippen molar-refractivity contribution in [3.8, 4) is 0 Å². The van der Waals surface area contributed by atoms with Gasteiger partial charge in [0.25, 0.3) is 0 Å². The van der Waals surface area contributed by atoms with Crippen molar-refractivity contribution < 1.29 is 8.42 Å². The number of rotatable bonds is 4. The highest BCUT2D eigenvalue weighted by atomic mass is 35.5. The van der Waals surface area contributed by atoms with Crippen LogP contribution in [-0.2, 0) is 21.7 Å². The van der Waals surface area contributed by atoms with Gasteiger partial charge in [-0.15, -0.1) is 11.6 Å². The predicted molar refractivity (Wildman–Crippen MR) is 83.2 cm³/mol. The van der Waals surface area contributed by atoms with Crippen molar-refractivity contribution >= 4 is 21.6 Å². The van der Waals surface area contributed by atoms with Crippen LogP contribution in [0.1, 0.15) is 37.3 Å². The van der Waals surface area contributed by atoms with Crippen molar-refractivity contribution in [3.05, 3.63) is 35.4 Å². The Morgan fingerprint density at radius 2 is 2.00 bits per heavy atom. The average molecular weight is 316 g/mol. The Hall–Kier alpha value is -0.580. The molecule has 0 bridgehead atoms. The van der Waals surface area contributed by atoms with Crippen LogP contribution in [0.2, 0.25) is 0 Å². The topological polar surface area (TPSA) is 37.4 Å². The first kappa shape index (κ1) is 15.8. The van der Waals surface area contributed by atoms with E-state index in [1.807, 2.05) is 24.3 Å². The molecular weight excluding hydrogens is 294 g/mol. The largest absolute Gasteiger partial charge is 0.218 e. The Balaban J connectivity index is 2.09. The molecule has 0 aliphatic carbocycles. The van der Waals surface area contributed by atoms with Crippen LogP contribution in [0.3, 0.4) is 0 Å². The fourth-order valence-electron chi connectivity index (χ4n) is 2.62. The van der Waals surface area contributed by atoms with E-state index in [0.717, 1.165) is 30.4 Å². The molecule has 112 valence electrons. The van der Waals surface area contributed by atoms with E-state index in [0.29, 0.717) is 24.9 Å². The van der Waals surface area contributed by atoms with Crippen molar-refractivity contribution in [1.82, 2.24) is 4.31 Å². The highest BCUT2D eigenvalue weighted by Gasteiger charge is 2.25. The fourth-order valence-corrected chi connectivity index (χ4v) is 4.36. The van der Waals surface area contributed by atoms with E-state index < -0.39 is 10.0 Å². The van der Waals surface area contributed by atoms with E-state index in [4.69, 9.17) is 11.6 Å². The summed E-state index contributed by atoms with van der Waals surface area (Å²) < 4.78 is 26.7. The van der Waals surface area contributed by atoms with Crippen LogP contribution in [-0.4, -0.2) is 25.8 Å². The summed E-state index contributed by atoms with van der Waals surface area (Å²) in [6.07, 6.45) is 3.04. The van der Waals surface area contributed by atoms with Gasteiger partial charge in [-0.25, -0.2) is 12.7 Å². The molecule has 20 heavy (non-hydrogen) atoms. The Labute approximate surface area is 127 Å². The second kappa shape index (κ2) is 6.92. The summed E-state index contributed by atoms with van der Waals surface area (Å²) >= 11 is 5.80. The lowest BCUT2D eigenvalue weighted by molar-refractivity contribution is 0.416. The molecule has 1 aliphatic rings. The lowest BCUT2D eigenvalue weighted by Gasteiger charge is -2.20. The van der Waals surface area contributed by atoms with Crippen LogP contribution in [0.15, 0.2) is 24.3 Å². The molecule has 1 unspecified atom stereocenters. The van der Waals surface area contributed by atoms with Crippen molar-refractivity contribution in [2.75, 3.05) is 13.1 Å². The van der Waals surface area contributed by atoms with E-state index in [-0.39, 0.29) is 5.75 Å². The first-order chi connectivity index (χ1) is 9.51. The van der Waals surface area contributed by atoms with Gasteiger partial charge in [-0.2, -0.15) is 0 Å². The van der Waals surface area contributed by atoms with Crippen molar-refractivity contribution in [3.63, 3.8) is 0 Å². The fraction of sp³-hybridized carbons (Fsp3) is 0.600. The van der Waals surface area contributed by atoms with Crippen molar-refractivity contribution in [1.29, 1.82) is 0 Å². The molecule has 0 N–H and O–H groups in total. The SMILES string of the molecule is CC1CCCN(S(=O)(=O)Cc2cccc(CCl)c2)CC1. The third-order valence-corrected chi connectivity index (χ3v) is 6.02. The van der Waals surface area contributed by atoms with Gasteiger partial charge in [0.15, 0.2) is 0 Å². The zero-order valence-corrected chi connectivity index (χ0v) is 13.5. The second-order valence-electron chi connectivity index (χ2n) is 5.64. The van der Waals surface area contributed by atoms with Gasteiger partial charge in [0.05, 0.1) is 5.75 Å². The van der Waals surface area contributed by atoms with Gasteiger partial charge in [-0.1, -0.05) is 31.2 Å². The molecule has 1 heterocycles. The van der Waals surface area contributed by atoms with Crippen LogP contribution in [0.5, 0.6) is 0 Å². The summed E-state index contributed by atoms with van der Waals surface area (Å²) in [7, 11) is -3.22. The maximum absolute atomic E-state index is 12.5. The molecule has 1 aliphatic heterocycles. The molecule has 1 atom stereocenters. The first-order valence-corrected chi connectivity index (χ1v) is 9.27. The number of sulfonamides is 1. The van der Waals surface area contributed by atoms with E-state index in [2.05, 4.69) is 6.92 Å². The number of halogens is 1. The maximum Gasteiger partial charge on any atom is 0.218 e. The zero-order chi connectivity index (χ0) is 14.6. The molecule has 0 aromatic heterocycles. The Morgan fingerprint density at radius 1 is 1.25 bits per heavy atom. The number of benzene rings is 1. The number of hydrogen-bond donors (Lipinski definition) is 0. The minimum absolute atomic E-state index is 0.0755. The lowest BCUT2D eigenvalue weighted by atomic mass is 10.0. The highest BCUT2D eigenvalue weighted by Crippen LogP contribution is 2.21. The van der Waals surface area contributed by atoms with Crippen LogP contribution in [0.4, 0.5) is 0 Å². The quantitative estimate of drug-likeness (QED) is 0.799. The van der Waals surface area contributed by atoms with Gasteiger partial charge in [0, 0.05) is 19.0 Å². The predicted octanol–water partition coefficient (Wildman–Crippen LogP) is 3.38. The number of hydrogen-bond acceptors (Lipinski definition) is 2. The normalized spacial score (nSPS) is 21.6. The third kappa shape index (κ3) is 4.21. The standard InChI is InChI=1S/C15H22ClNO2S/c1-13-4-3-8-17(9-7-13)20(18,19)12-15-6-2-5-14(10-15)11-16/h2,5-6,10,13H,3-4,7-9,11-12H2,1H3. The minimum atomic E-state index is -3.22. The number of nitrogens with zero attached hydrogens (tertiary/aromatic N) is 1. The van der Waals surface area contributed by atoms with E-state index in [9.17, 15) is 8.42 Å². The van der Waals surface area contributed by atoms with Crippen LogP contribution in [0.25, 0.3) is 0 Å². The third-order valence-electron chi connectivity index (χ3n) is 3.86. The molecule has 1 fully saturated rings. The van der Waals surface area contributed by atoms with E-state index in [1.54, 1.807) is 4.31 Å². The maximum atomic E-state index is 12.5. The van der Waals surface area contributed by atoms with E-state index in [1.165, 1.54) is 0 Å². The lowest BCUT2D eigenvalue weighted by Crippen LogP contribution is -2.33. The molecule has 5 heteroatoms. The molecule has 0 spiro atoms. The van der Waals surface area contributed by atoms with Crippen molar-refractivity contribution in [2.45, 2.75) is 37.8 Å².